The summed E-state index contributed by atoms with van der Waals surface area (Å²) in [6.07, 6.45) is 0. The van der Waals surface area contributed by atoms with Crippen LogP contribution in [0.15, 0.2) is 17.0 Å². The van der Waals surface area contributed by atoms with E-state index in [0.29, 0.717) is 5.02 Å². The molecule has 0 saturated carbocycles. The Morgan fingerprint density at radius 2 is 2.10 bits per heavy atom. The molecule has 0 fully saturated rings. The van der Waals surface area contributed by atoms with Crippen LogP contribution in [0.5, 0.6) is 0 Å². The molecule has 0 aliphatic carbocycles. The van der Waals surface area contributed by atoms with Gasteiger partial charge in [0, 0.05) is 28.4 Å². The number of nitrogens with two attached hydrogens (primary N) is 1. The quantitative estimate of drug-likeness (QED) is 0.793. The average Bonchev–Trinajstić information content (AvgIpc) is 2.70. The van der Waals surface area contributed by atoms with E-state index in [4.69, 9.17) is 17.3 Å². The molecule has 2 rings (SSSR count). The first-order valence-electron chi connectivity index (χ1n) is 6.81. The van der Waals surface area contributed by atoms with Crippen LogP contribution in [0.1, 0.15) is 25.5 Å². The maximum atomic E-state index is 11.5. The number of hydrogen-bond acceptors (Lipinski definition) is 4. The molecular formula is C14H20ClN3OS. The number of nitrogens with one attached hydrogen (secondary N) is 1. The lowest BCUT2D eigenvalue weighted by atomic mass is 10.1. The Balaban J connectivity index is 2.04. The first-order chi connectivity index (χ1) is 9.56. The van der Waals surface area contributed by atoms with Crippen molar-refractivity contribution >= 4 is 35.0 Å². The number of nitrogens with zero attached hydrogens (tertiary/aromatic N) is 1. The number of fused-ring (bicyclic) bond motifs is 1. The number of hydrogen-bond donors (Lipinski definition) is 2. The second-order valence-corrected chi connectivity index (χ2v) is 6.26. The zero-order valence-electron chi connectivity index (χ0n) is 11.8. The topological polar surface area (TPSA) is 58.4 Å². The number of carbonyl (C=O) groups excluding carboxylic acids is 1. The number of halogens is 1. The lowest BCUT2D eigenvalue weighted by molar-refractivity contribution is -0.116. The van der Waals surface area contributed by atoms with Crippen LogP contribution in [-0.2, 0) is 4.79 Å². The molecule has 110 valence electrons. The van der Waals surface area contributed by atoms with Crippen molar-refractivity contribution in [1.82, 2.24) is 4.90 Å². The van der Waals surface area contributed by atoms with Gasteiger partial charge in [-0.3, -0.25) is 4.79 Å². The summed E-state index contributed by atoms with van der Waals surface area (Å²) in [5.41, 5.74) is 7.37. The summed E-state index contributed by atoms with van der Waals surface area (Å²) in [4.78, 5) is 14.9. The number of thioether (sulfide) groups is 1. The van der Waals surface area contributed by atoms with Gasteiger partial charge in [0.2, 0.25) is 5.91 Å². The molecule has 1 aliphatic rings. The standard InChI is InChI=1S/C14H20ClN3OS/c1-3-18(4-2)5-6-20-12-8-11-9(7-10(12)15)13(16)14(19)17-11/h7-8,13H,3-6,16H2,1-2H3,(H,17,19). The maximum Gasteiger partial charge on any atom is 0.245 e. The van der Waals surface area contributed by atoms with Gasteiger partial charge in [-0.25, -0.2) is 0 Å². The van der Waals surface area contributed by atoms with Crippen LogP contribution in [-0.4, -0.2) is 36.2 Å². The van der Waals surface area contributed by atoms with Gasteiger partial charge in [-0.15, -0.1) is 11.8 Å². The monoisotopic (exact) mass is 313 g/mol. The molecule has 0 aromatic heterocycles. The average molecular weight is 314 g/mol. The number of amides is 1. The van der Waals surface area contributed by atoms with E-state index in [-0.39, 0.29) is 5.91 Å². The Bertz CT molecular complexity index is 505. The van der Waals surface area contributed by atoms with E-state index in [1.54, 1.807) is 17.8 Å². The predicted molar refractivity (Wildman–Crippen MR) is 85.5 cm³/mol. The summed E-state index contributed by atoms with van der Waals surface area (Å²) in [6, 6.07) is 3.13. The van der Waals surface area contributed by atoms with Crippen molar-refractivity contribution in [1.29, 1.82) is 0 Å². The summed E-state index contributed by atoms with van der Waals surface area (Å²) >= 11 is 7.98. The maximum absolute atomic E-state index is 11.5. The van der Waals surface area contributed by atoms with Gasteiger partial charge >= 0.3 is 0 Å². The SMILES string of the molecule is CCN(CC)CCSc1cc2c(cc1Cl)C(N)C(=O)N2. The van der Waals surface area contributed by atoms with Gasteiger partial charge in [0.15, 0.2) is 0 Å². The van der Waals surface area contributed by atoms with Crippen molar-refractivity contribution in [2.75, 3.05) is 30.7 Å². The molecule has 0 bridgehead atoms. The Labute approximate surface area is 129 Å². The van der Waals surface area contributed by atoms with Crippen LogP contribution in [0.4, 0.5) is 5.69 Å². The van der Waals surface area contributed by atoms with Crippen molar-refractivity contribution in [2.45, 2.75) is 24.8 Å². The molecule has 1 atom stereocenters. The lowest BCUT2D eigenvalue weighted by Gasteiger charge is -2.17. The highest BCUT2D eigenvalue weighted by Crippen LogP contribution is 2.37. The molecule has 1 aromatic rings. The number of carbonyl (C=O) groups is 1. The van der Waals surface area contributed by atoms with E-state index in [2.05, 4.69) is 24.1 Å². The summed E-state index contributed by atoms with van der Waals surface area (Å²) in [5, 5.41) is 3.46. The number of rotatable bonds is 6. The molecule has 1 amide bonds. The van der Waals surface area contributed by atoms with E-state index < -0.39 is 6.04 Å². The van der Waals surface area contributed by atoms with E-state index in [9.17, 15) is 4.79 Å². The molecular weight excluding hydrogens is 294 g/mol. The lowest BCUT2D eigenvalue weighted by Crippen LogP contribution is -2.25. The molecule has 6 heteroatoms. The largest absolute Gasteiger partial charge is 0.324 e. The normalized spacial score (nSPS) is 17.4. The molecule has 0 spiro atoms. The second-order valence-electron chi connectivity index (χ2n) is 4.71. The van der Waals surface area contributed by atoms with Gasteiger partial charge in [0.25, 0.3) is 0 Å². The zero-order valence-corrected chi connectivity index (χ0v) is 13.4. The van der Waals surface area contributed by atoms with Crippen LogP contribution in [0.25, 0.3) is 0 Å². The minimum Gasteiger partial charge on any atom is -0.324 e. The van der Waals surface area contributed by atoms with Crippen molar-refractivity contribution in [2.24, 2.45) is 5.73 Å². The molecule has 1 heterocycles. The first-order valence-corrected chi connectivity index (χ1v) is 8.18. The van der Waals surface area contributed by atoms with Crippen molar-refractivity contribution in [3.05, 3.63) is 22.7 Å². The van der Waals surface area contributed by atoms with E-state index in [1.165, 1.54) is 0 Å². The third kappa shape index (κ3) is 3.28. The first kappa shape index (κ1) is 15.6. The van der Waals surface area contributed by atoms with Crippen LogP contribution in [0.2, 0.25) is 5.02 Å². The van der Waals surface area contributed by atoms with Crippen molar-refractivity contribution < 1.29 is 4.79 Å². The summed E-state index contributed by atoms with van der Waals surface area (Å²) in [5.74, 6) is 0.807. The van der Waals surface area contributed by atoms with E-state index in [1.807, 2.05) is 6.07 Å². The van der Waals surface area contributed by atoms with Crippen LogP contribution in [0, 0.1) is 0 Å². The van der Waals surface area contributed by atoms with Gasteiger partial charge in [-0.05, 0) is 25.2 Å². The highest BCUT2D eigenvalue weighted by Gasteiger charge is 2.28. The predicted octanol–water partition coefficient (Wildman–Crippen LogP) is 2.73. The summed E-state index contributed by atoms with van der Waals surface area (Å²) < 4.78 is 0. The molecule has 1 aromatic carbocycles. The molecule has 1 unspecified atom stereocenters. The van der Waals surface area contributed by atoms with Crippen molar-refractivity contribution in [3.8, 4) is 0 Å². The Hall–Kier alpha value is -0.750. The molecule has 0 radical (unpaired) electrons. The van der Waals surface area contributed by atoms with Gasteiger partial charge in [0.05, 0.1) is 5.02 Å². The molecule has 20 heavy (non-hydrogen) atoms. The van der Waals surface area contributed by atoms with Crippen LogP contribution in [0.3, 0.4) is 0 Å². The minimum absolute atomic E-state index is 0.165. The molecule has 4 nitrogen and oxygen atoms in total. The highest BCUT2D eigenvalue weighted by atomic mass is 35.5. The van der Waals surface area contributed by atoms with Gasteiger partial charge < -0.3 is 16.0 Å². The molecule has 1 aliphatic heterocycles. The van der Waals surface area contributed by atoms with Gasteiger partial charge in [-0.2, -0.15) is 0 Å². The van der Waals surface area contributed by atoms with Crippen LogP contribution >= 0.6 is 23.4 Å². The van der Waals surface area contributed by atoms with E-state index >= 15 is 0 Å². The van der Waals surface area contributed by atoms with Crippen LogP contribution < -0.4 is 11.1 Å². The van der Waals surface area contributed by atoms with Crippen molar-refractivity contribution in [3.63, 3.8) is 0 Å². The summed E-state index contributed by atoms with van der Waals surface area (Å²) in [6.45, 7) is 7.46. The molecule has 3 N–H and O–H groups in total. The highest BCUT2D eigenvalue weighted by molar-refractivity contribution is 7.99. The number of benzene rings is 1. The summed E-state index contributed by atoms with van der Waals surface area (Å²) in [7, 11) is 0. The van der Waals surface area contributed by atoms with Gasteiger partial charge in [0.1, 0.15) is 6.04 Å². The zero-order chi connectivity index (χ0) is 14.7. The Kier molecular flexibility index (Phi) is 5.32. The van der Waals surface area contributed by atoms with Gasteiger partial charge in [-0.1, -0.05) is 25.4 Å². The fraction of sp³-hybridized carbons (Fsp3) is 0.500. The van der Waals surface area contributed by atoms with E-state index in [0.717, 1.165) is 41.5 Å². The third-order valence-electron chi connectivity index (χ3n) is 3.54. The molecule has 0 saturated heterocycles. The smallest absolute Gasteiger partial charge is 0.245 e. The fourth-order valence-electron chi connectivity index (χ4n) is 2.22. The number of anilines is 1. The minimum atomic E-state index is -0.600. The fourth-order valence-corrected chi connectivity index (χ4v) is 3.52. The second kappa shape index (κ2) is 6.80. The Morgan fingerprint density at radius 3 is 2.75 bits per heavy atom. The Morgan fingerprint density at radius 1 is 1.40 bits per heavy atom. The third-order valence-corrected chi connectivity index (χ3v) is 5.00.